The molecule has 0 spiro atoms. The third-order valence-corrected chi connectivity index (χ3v) is 7.20. The summed E-state index contributed by atoms with van der Waals surface area (Å²) in [6, 6.07) is 15.2. The number of ether oxygens (including phenoxy) is 2. The number of nitrogens with zero attached hydrogens (tertiary/aromatic N) is 1. The fourth-order valence-corrected chi connectivity index (χ4v) is 4.88. The molecule has 0 amide bonds. The van der Waals surface area contributed by atoms with Gasteiger partial charge >= 0.3 is 12.1 Å². The second-order valence-electron chi connectivity index (χ2n) is 7.62. The first-order valence-corrected chi connectivity index (χ1v) is 12.0. The quantitative estimate of drug-likeness (QED) is 0.372. The third kappa shape index (κ3) is 5.94. The first-order chi connectivity index (χ1) is 16.5. The number of rotatable bonds is 8. The molecule has 0 aromatic heterocycles. The molecule has 0 radical (unpaired) electrons. The van der Waals surface area contributed by atoms with Crippen molar-refractivity contribution in [3.05, 3.63) is 89.0 Å². The maximum Gasteiger partial charge on any atom is 0.416 e. The van der Waals surface area contributed by atoms with E-state index < -0.39 is 27.7 Å². The highest BCUT2D eigenvalue weighted by molar-refractivity contribution is 7.92. The van der Waals surface area contributed by atoms with Crippen LogP contribution in [0.25, 0.3) is 0 Å². The van der Waals surface area contributed by atoms with Crippen LogP contribution in [0.1, 0.15) is 34.0 Å². The first kappa shape index (κ1) is 26.1. The highest BCUT2D eigenvalue weighted by Gasteiger charge is 2.30. The molecule has 0 bridgehead atoms. The van der Waals surface area contributed by atoms with Crippen molar-refractivity contribution >= 4 is 21.7 Å². The molecule has 0 N–H and O–H groups in total. The SMILES string of the molecule is CCN(c1ccc(OCc2ccc(C(F)(F)F)cc2)cc1)S(=O)(=O)c1ccc(C)c(C(=O)OC)c1. The van der Waals surface area contributed by atoms with Gasteiger partial charge in [0.1, 0.15) is 12.4 Å². The van der Waals surface area contributed by atoms with Gasteiger partial charge in [0, 0.05) is 6.54 Å². The van der Waals surface area contributed by atoms with Gasteiger partial charge in [0.2, 0.25) is 0 Å². The fraction of sp³-hybridized carbons (Fsp3) is 0.240. The maximum absolute atomic E-state index is 13.3. The van der Waals surface area contributed by atoms with Crippen LogP contribution in [0.5, 0.6) is 5.75 Å². The Kier molecular flexibility index (Phi) is 7.74. The Bertz CT molecular complexity index is 1290. The van der Waals surface area contributed by atoms with E-state index in [2.05, 4.69) is 0 Å². The van der Waals surface area contributed by atoms with E-state index in [0.29, 0.717) is 22.6 Å². The van der Waals surface area contributed by atoms with Crippen molar-refractivity contribution in [3.8, 4) is 5.75 Å². The lowest BCUT2D eigenvalue weighted by Gasteiger charge is -2.23. The molecule has 0 unspecified atom stereocenters. The van der Waals surface area contributed by atoms with Gasteiger partial charge in [0.25, 0.3) is 10.0 Å². The summed E-state index contributed by atoms with van der Waals surface area (Å²) in [5.41, 5.74) is 0.957. The summed E-state index contributed by atoms with van der Waals surface area (Å²) >= 11 is 0. The van der Waals surface area contributed by atoms with E-state index in [1.54, 1.807) is 44.2 Å². The molecule has 3 rings (SSSR count). The predicted octanol–water partition coefficient (Wildman–Crippen LogP) is 5.59. The van der Waals surface area contributed by atoms with E-state index in [1.165, 1.54) is 35.7 Å². The number of sulfonamides is 1. The van der Waals surface area contributed by atoms with Crippen LogP contribution in [0, 0.1) is 6.92 Å². The van der Waals surface area contributed by atoms with Crippen LogP contribution in [0.3, 0.4) is 0 Å². The number of aryl methyl sites for hydroxylation is 1. The molecule has 0 aliphatic heterocycles. The van der Waals surface area contributed by atoms with Crippen molar-refractivity contribution in [2.24, 2.45) is 0 Å². The van der Waals surface area contributed by atoms with Gasteiger partial charge in [-0.05, 0) is 73.5 Å². The van der Waals surface area contributed by atoms with E-state index in [-0.39, 0.29) is 23.6 Å². The monoisotopic (exact) mass is 507 g/mol. The summed E-state index contributed by atoms with van der Waals surface area (Å²) in [7, 11) is -2.75. The number of hydrogen-bond acceptors (Lipinski definition) is 5. The van der Waals surface area contributed by atoms with Crippen molar-refractivity contribution in [2.45, 2.75) is 31.5 Å². The summed E-state index contributed by atoms with van der Waals surface area (Å²) < 4.78 is 76.2. The van der Waals surface area contributed by atoms with Crippen LogP contribution in [-0.4, -0.2) is 28.0 Å². The number of halogens is 3. The molecule has 0 fully saturated rings. The first-order valence-electron chi connectivity index (χ1n) is 10.6. The minimum Gasteiger partial charge on any atom is -0.489 e. The van der Waals surface area contributed by atoms with Crippen molar-refractivity contribution in [2.75, 3.05) is 18.0 Å². The number of benzene rings is 3. The topological polar surface area (TPSA) is 72.9 Å². The normalized spacial score (nSPS) is 11.7. The molecule has 0 saturated heterocycles. The van der Waals surface area contributed by atoms with Gasteiger partial charge in [-0.3, -0.25) is 4.31 Å². The minimum absolute atomic E-state index is 0.0482. The average Bonchev–Trinajstić information content (AvgIpc) is 2.83. The summed E-state index contributed by atoms with van der Waals surface area (Å²) in [5, 5.41) is 0. The van der Waals surface area contributed by atoms with Crippen molar-refractivity contribution in [3.63, 3.8) is 0 Å². The number of carbonyl (C=O) groups excluding carboxylic acids is 1. The average molecular weight is 508 g/mol. The van der Waals surface area contributed by atoms with Crippen LogP contribution >= 0.6 is 0 Å². The molecule has 6 nitrogen and oxygen atoms in total. The van der Waals surface area contributed by atoms with Gasteiger partial charge in [0.15, 0.2) is 0 Å². The van der Waals surface area contributed by atoms with Gasteiger partial charge in [-0.15, -0.1) is 0 Å². The molecule has 0 aliphatic carbocycles. The molecule has 186 valence electrons. The molecule has 0 heterocycles. The smallest absolute Gasteiger partial charge is 0.416 e. The van der Waals surface area contributed by atoms with Crippen LogP contribution in [0.4, 0.5) is 18.9 Å². The summed E-state index contributed by atoms with van der Waals surface area (Å²) in [4.78, 5) is 11.9. The molecule has 3 aromatic carbocycles. The van der Waals surface area contributed by atoms with Crippen molar-refractivity contribution in [1.29, 1.82) is 0 Å². The van der Waals surface area contributed by atoms with Crippen LogP contribution in [0.2, 0.25) is 0 Å². The van der Waals surface area contributed by atoms with Gasteiger partial charge in [-0.2, -0.15) is 13.2 Å². The van der Waals surface area contributed by atoms with Gasteiger partial charge in [0.05, 0.1) is 28.8 Å². The Morgan fingerprint density at radius 2 is 1.60 bits per heavy atom. The zero-order valence-electron chi connectivity index (χ0n) is 19.3. The lowest BCUT2D eigenvalue weighted by Crippen LogP contribution is -2.31. The summed E-state index contributed by atoms with van der Waals surface area (Å²) in [5.74, 6) is -0.206. The molecule has 0 atom stereocenters. The van der Waals surface area contributed by atoms with Crippen LogP contribution in [0.15, 0.2) is 71.6 Å². The van der Waals surface area contributed by atoms with Crippen LogP contribution in [-0.2, 0) is 27.5 Å². The molecular formula is C25H24F3NO5S. The van der Waals surface area contributed by atoms with Gasteiger partial charge < -0.3 is 9.47 Å². The molecule has 0 saturated carbocycles. The van der Waals surface area contributed by atoms with E-state index in [0.717, 1.165) is 12.1 Å². The summed E-state index contributed by atoms with van der Waals surface area (Å²) in [6.45, 7) is 3.55. The number of hydrogen-bond donors (Lipinski definition) is 0. The van der Waals surface area contributed by atoms with Gasteiger partial charge in [-0.1, -0.05) is 18.2 Å². The van der Waals surface area contributed by atoms with E-state index in [4.69, 9.17) is 9.47 Å². The number of methoxy groups -OCH3 is 1. The molecule has 10 heteroatoms. The van der Waals surface area contributed by atoms with Gasteiger partial charge in [-0.25, -0.2) is 13.2 Å². The maximum atomic E-state index is 13.3. The van der Waals surface area contributed by atoms with Crippen molar-refractivity contribution < 1.29 is 35.9 Å². The molecule has 0 aliphatic rings. The Hall–Kier alpha value is -3.53. The fourth-order valence-electron chi connectivity index (χ4n) is 3.38. The molecule has 3 aromatic rings. The molecule has 35 heavy (non-hydrogen) atoms. The minimum atomic E-state index is -4.40. The number of alkyl halides is 3. The standard InChI is InChI=1S/C25H24F3NO5S/c1-4-29(35(31,32)22-14-5-17(2)23(15-22)24(30)33-3)20-10-12-21(13-11-20)34-16-18-6-8-19(9-7-18)25(26,27)28/h5-15H,4,16H2,1-3H3. The van der Waals surface area contributed by atoms with E-state index in [1.807, 2.05) is 0 Å². The highest BCUT2D eigenvalue weighted by atomic mass is 32.2. The lowest BCUT2D eigenvalue weighted by atomic mass is 10.1. The second kappa shape index (κ2) is 10.4. The highest BCUT2D eigenvalue weighted by Crippen LogP contribution is 2.30. The Balaban J connectivity index is 1.76. The zero-order valence-corrected chi connectivity index (χ0v) is 20.1. The Labute approximate surface area is 202 Å². The largest absolute Gasteiger partial charge is 0.489 e. The Morgan fingerprint density at radius 3 is 2.14 bits per heavy atom. The Morgan fingerprint density at radius 1 is 0.971 bits per heavy atom. The number of anilines is 1. The van der Waals surface area contributed by atoms with E-state index in [9.17, 15) is 26.4 Å². The van der Waals surface area contributed by atoms with E-state index >= 15 is 0 Å². The van der Waals surface area contributed by atoms with Crippen LogP contribution < -0.4 is 9.04 Å². The summed E-state index contributed by atoms with van der Waals surface area (Å²) in [6.07, 6.45) is -4.40. The lowest BCUT2D eigenvalue weighted by molar-refractivity contribution is -0.137. The molecular weight excluding hydrogens is 483 g/mol. The predicted molar refractivity (Wildman–Crippen MR) is 125 cm³/mol. The third-order valence-electron chi connectivity index (χ3n) is 5.30. The zero-order chi connectivity index (χ0) is 25.8. The number of carbonyl (C=O) groups is 1. The number of esters is 1. The second-order valence-corrected chi connectivity index (χ2v) is 9.48. The van der Waals surface area contributed by atoms with Crippen molar-refractivity contribution in [1.82, 2.24) is 0 Å².